The first-order valence-electron chi connectivity index (χ1n) is 8.87. The van der Waals surface area contributed by atoms with E-state index in [-0.39, 0.29) is 33.1 Å². The van der Waals surface area contributed by atoms with Gasteiger partial charge in [-0.3, -0.25) is 4.79 Å². The summed E-state index contributed by atoms with van der Waals surface area (Å²) >= 11 is 7.46. The molecule has 6 nitrogen and oxygen atoms in total. The molecule has 3 aromatic rings. The summed E-state index contributed by atoms with van der Waals surface area (Å²) in [5.41, 5.74) is 1.55. The molecule has 28 heavy (non-hydrogen) atoms. The van der Waals surface area contributed by atoms with Crippen LogP contribution in [0.2, 0.25) is 5.02 Å². The number of rotatable bonds is 3. The van der Waals surface area contributed by atoms with Gasteiger partial charge in [-0.05, 0) is 38.9 Å². The molecule has 0 radical (unpaired) electrons. The van der Waals surface area contributed by atoms with Crippen LogP contribution < -0.4 is 10.6 Å². The van der Waals surface area contributed by atoms with Gasteiger partial charge in [-0.25, -0.2) is 9.37 Å². The monoisotopic (exact) mass is 417 g/mol. The molecule has 1 amide bonds. The molecule has 144 valence electrons. The molecule has 0 atom stereocenters. The van der Waals surface area contributed by atoms with Crippen molar-refractivity contribution in [3.05, 3.63) is 45.4 Å². The third kappa shape index (κ3) is 3.37. The Kier molecular flexibility index (Phi) is 5.06. The van der Waals surface area contributed by atoms with Gasteiger partial charge < -0.3 is 15.0 Å². The van der Waals surface area contributed by atoms with Crippen molar-refractivity contribution in [2.24, 2.45) is 0 Å². The van der Waals surface area contributed by atoms with Gasteiger partial charge in [-0.15, -0.1) is 11.3 Å². The highest BCUT2D eigenvalue weighted by Gasteiger charge is 2.25. The number of carbonyl (C=O) groups excluding carboxylic acids is 1. The number of nitriles is 1. The second kappa shape index (κ2) is 7.51. The zero-order chi connectivity index (χ0) is 19.8. The van der Waals surface area contributed by atoms with Crippen molar-refractivity contribution in [1.82, 2.24) is 20.0 Å². The number of halogens is 2. The molecule has 4 rings (SSSR count). The molecule has 1 aliphatic rings. The van der Waals surface area contributed by atoms with Gasteiger partial charge in [0.2, 0.25) is 0 Å². The third-order valence-electron chi connectivity index (χ3n) is 4.73. The largest absolute Gasteiger partial charge is 0.348 e. The average molecular weight is 418 g/mol. The van der Waals surface area contributed by atoms with Crippen molar-refractivity contribution in [2.45, 2.75) is 25.8 Å². The number of carbonyl (C=O) groups is 1. The Balaban J connectivity index is 1.73. The lowest BCUT2D eigenvalue weighted by Gasteiger charge is -2.23. The molecule has 0 spiro atoms. The van der Waals surface area contributed by atoms with Crippen LogP contribution in [0.15, 0.2) is 18.5 Å². The van der Waals surface area contributed by atoms with Crippen LogP contribution in [0, 0.1) is 24.1 Å². The molecular weight excluding hydrogens is 401 g/mol. The SMILES string of the molecule is Cc1cn2cc(-c3sc(C(=O)NC4CCNCC4)c(Cl)c3C#N)cc(F)c2n1. The lowest BCUT2D eigenvalue weighted by molar-refractivity contribution is 0.0934. The number of aryl methyl sites for hydroxylation is 1. The number of nitrogens with one attached hydrogen (secondary N) is 2. The van der Waals surface area contributed by atoms with Crippen LogP contribution in [0.5, 0.6) is 0 Å². The van der Waals surface area contributed by atoms with Crippen LogP contribution in [-0.4, -0.2) is 34.4 Å². The number of imidazole rings is 1. The summed E-state index contributed by atoms with van der Waals surface area (Å²) in [6.45, 7) is 3.47. The molecule has 2 N–H and O–H groups in total. The highest BCUT2D eigenvalue weighted by atomic mass is 35.5. The number of amides is 1. The van der Waals surface area contributed by atoms with Crippen LogP contribution in [0.1, 0.15) is 33.8 Å². The van der Waals surface area contributed by atoms with E-state index in [0.717, 1.165) is 37.3 Å². The summed E-state index contributed by atoms with van der Waals surface area (Å²) in [6.07, 6.45) is 5.08. The molecule has 1 aliphatic heterocycles. The van der Waals surface area contributed by atoms with Crippen LogP contribution >= 0.6 is 22.9 Å². The summed E-state index contributed by atoms with van der Waals surface area (Å²) in [6, 6.07) is 3.45. The first kappa shape index (κ1) is 18.9. The number of pyridine rings is 1. The van der Waals surface area contributed by atoms with Gasteiger partial charge in [0.25, 0.3) is 5.91 Å². The van der Waals surface area contributed by atoms with Gasteiger partial charge in [-0.2, -0.15) is 5.26 Å². The van der Waals surface area contributed by atoms with Gasteiger partial charge in [0, 0.05) is 24.0 Å². The van der Waals surface area contributed by atoms with Gasteiger partial charge >= 0.3 is 0 Å². The Morgan fingerprint density at radius 1 is 1.46 bits per heavy atom. The van der Waals surface area contributed by atoms with Crippen LogP contribution in [0.4, 0.5) is 4.39 Å². The third-order valence-corrected chi connectivity index (χ3v) is 6.46. The predicted octanol–water partition coefficient (Wildman–Crippen LogP) is 3.52. The lowest BCUT2D eigenvalue weighted by Crippen LogP contribution is -2.42. The van der Waals surface area contributed by atoms with Gasteiger partial charge in [0.1, 0.15) is 10.9 Å². The maximum absolute atomic E-state index is 14.5. The zero-order valence-electron chi connectivity index (χ0n) is 15.1. The maximum atomic E-state index is 14.5. The fourth-order valence-electron chi connectivity index (χ4n) is 3.38. The van der Waals surface area contributed by atoms with Crippen LogP contribution in [0.3, 0.4) is 0 Å². The van der Waals surface area contributed by atoms with E-state index >= 15 is 0 Å². The summed E-state index contributed by atoms with van der Waals surface area (Å²) < 4.78 is 16.0. The minimum atomic E-state index is -0.500. The molecule has 0 bridgehead atoms. The van der Waals surface area contributed by atoms with Crippen molar-refractivity contribution in [1.29, 1.82) is 5.26 Å². The second-order valence-corrected chi connectivity index (χ2v) is 8.15. The highest BCUT2D eigenvalue weighted by molar-refractivity contribution is 7.18. The van der Waals surface area contributed by atoms with Gasteiger partial charge in [-0.1, -0.05) is 11.6 Å². The van der Waals surface area contributed by atoms with E-state index in [1.54, 1.807) is 23.7 Å². The van der Waals surface area contributed by atoms with E-state index in [2.05, 4.69) is 21.7 Å². The van der Waals surface area contributed by atoms with E-state index in [1.807, 2.05) is 0 Å². The number of piperidine rings is 1. The normalized spacial score (nSPS) is 14.9. The summed E-state index contributed by atoms with van der Waals surface area (Å²) in [5.74, 6) is -0.801. The summed E-state index contributed by atoms with van der Waals surface area (Å²) in [5, 5.41) is 15.9. The van der Waals surface area contributed by atoms with Crippen molar-refractivity contribution in [2.75, 3.05) is 13.1 Å². The van der Waals surface area contributed by atoms with Gasteiger partial charge in [0.15, 0.2) is 11.5 Å². The number of nitrogens with zero attached hydrogens (tertiary/aromatic N) is 3. The number of thiophene rings is 1. The summed E-state index contributed by atoms with van der Waals surface area (Å²) in [7, 11) is 0. The Morgan fingerprint density at radius 3 is 2.93 bits per heavy atom. The molecule has 0 saturated carbocycles. The van der Waals surface area contributed by atoms with Crippen molar-refractivity contribution >= 4 is 34.5 Å². The average Bonchev–Trinajstić information content (AvgIpc) is 3.22. The molecule has 0 unspecified atom stereocenters. The number of aromatic nitrogens is 2. The van der Waals surface area contributed by atoms with Crippen LogP contribution in [0.25, 0.3) is 16.1 Å². The van der Waals surface area contributed by atoms with E-state index in [9.17, 15) is 14.4 Å². The molecule has 4 heterocycles. The fraction of sp³-hybridized carbons (Fsp3) is 0.316. The fourth-order valence-corrected chi connectivity index (χ4v) is 4.80. The zero-order valence-corrected chi connectivity index (χ0v) is 16.6. The topological polar surface area (TPSA) is 82.2 Å². The molecule has 0 aliphatic carbocycles. The molecule has 1 fully saturated rings. The standard InChI is InChI=1S/C19H17ClFN5OS/c1-10-8-26-9-11(6-14(21)18(26)24-10)16-13(7-22)15(20)17(28-16)19(27)25-12-2-4-23-5-3-12/h6,8-9,12,23H,2-5H2,1H3,(H,25,27). The number of hydrogen-bond donors (Lipinski definition) is 2. The number of hydrogen-bond acceptors (Lipinski definition) is 5. The minimum absolute atomic E-state index is 0.0728. The van der Waals surface area contributed by atoms with Crippen molar-refractivity contribution in [3.8, 4) is 16.5 Å². The molecule has 3 aromatic heterocycles. The Bertz CT molecular complexity index is 1110. The Labute approximate surface area is 170 Å². The Morgan fingerprint density at radius 2 is 2.21 bits per heavy atom. The van der Waals surface area contributed by atoms with Crippen molar-refractivity contribution in [3.63, 3.8) is 0 Å². The molecule has 1 saturated heterocycles. The molecule has 0 aromatic carbocycles. The van der Waals surface area contributed by atoms with E-state index < -0.39 is 5.82 Å². The van der Waals surface area contributed by atoms with Gasteiger partial charge in [0.05, 0.1) is 21.2 Å². The van der Waals surface area contributed by atoms with Crippen LogP contribution in [-0.2, 0) is 0 Å². The first-order chi connectivity index (χ1) is 13.5. The van der Waals surface area contributed by atoms with E-state index in [0.29, 0.717) is 16.1 Å². The predicted molar refractivity (Wildman–Crippen MR) is 106 cm³/mol. The minimum Gasteiger partial charge on any atom is -0.348 e. The lowest BCUT2D eigenvalue weighted by atomic mass is 10.1. The molecule has 9 heteroatoms. The van der Waals surface area contributed by atoms with Crippen molar-refractivity contribution < 1.29 is 9.18 Å². The van der Waals surface area contributed by atoms with E-state index in [1.165, 1.54) is 6.07 Å². The van der Waals surface area contributed by atoms with E-state index in [4.69, 9.17) is 11.6 Å². The highest BCUT2D eigenvalue weighted by Crippen LogP contribution is 2.40. The molecular formula is C19H17ClFN5OS. The number of fused-ring (bicyclic) bond motifs is 1. The first-order valence-corrected chi connectivity index (χ1v) is 10.1. The second-order valence-electron chi connectivity index (χ2n) is 6.75. The quantitative estimate of drug-likeness (QED) is 0.683. The Hall–Kier alpha value is -2.47. The smallest absolute Gasteiger partial charge is 0.263 e. The summed E-state index contributed by atoms with van der Waals surface area (Å²) in [4.78, 5) is 17.6. The maximum Gasteiger partial charge on any atom is 0.263 e.